The van der Waals surface area contributed by atoms with Gasteiger partial charge in [0.25, 0.3) is 0 Å². The van der Waals surface area contributed by atoms with Gasteiger partial charge in [-0.1, -0.05) is 106 Å². The molecule has 3 aromatic rings. The zero-order valence-corrected chi connectivity index (χ0v) is 23.1. The Balaban J connectivity index is 1.68. The summed E-state index contributed by atoms with van der Waals surface area (Å²) in [5, 5.41) is 12.6. The molecule has 0 saturated carbocycles. The largest absolute Gasteiger partial charge is 0.479 e. The number of alkyl halides is 3. The van der Waals surface area contributed by atoms with E-state index in [2.05, 4.69) is 18.8 Å². The lowest BCUT2D eigenvalue weighted by atomic mass is 9.99. The lowest BCUT2D eigenvalue weighted by Gasteiger charge is -2.22. The fourth-order valence-corrected chi connectivity index (χ4v) is 4.60. The molecule has 0 bridgehead atoms. The molecule has 0 spiro atoms. The molecule has 0 aliphatic heterocycles. The number of rotatable bonds is 15. The van der Waals surface area contributed by atoms with Crippen molar-refractivity contribution in [1.29, 1.82) is 0 Å². The van der Waals surface area contributed by atoms with Crippen molar-refractivity contribution in [3.63, 3.8) is 0 Å². The molecule has 0 saturated heterocycles. The van der Waals surface area contributed by atoms with E-state index in [1.165, 1.54) is 62.1 Å². The van der Waals surface area contributed by atoms with Crippen LogP contribution in [0.25, 0.3) is 10.8 Å². The van der Waals surface area contributed by atoms with Crippen molar-refractivity contribution in [2.45, 2.75) is 84.0 Å². The zero-order valence-electron chi connectivity index (χ0n) is 23.1. The highest BCUT2D eigenvalue weighted by Crippen LogP contribution is 2.30. The van der Waals surface area contributed by atoms with Crippen LogP contribution < -0.4 is 0 Å². The maximum atomic E-state index is 12.9. The number of benzene rings is 3. The highest BCUT2D eigenvalue weighted by Gasteiger charge is 2.30. The van der Waals surface area contributed by atoms with Gasteiger partial charge in [-0.15, -0.1) is 0 Å². The van der Waals surface area contributed by atoms with Gasteiger partial charge in [0.2, 0.25) is 0 Å². The van der Waals surface area contributed by atoms with Crippen LogP contribution in [-0.4, -0.2) is 22.7 Å². The summed E-state index contributed by atoms with van der Waals surface area (Å²) in [5.41, 5.74) is 1.67. The summed E-state index contributed by atoms with van der Waals surface area (Å²) >= 11 is 0. The first-order valence-corrected chi connectivity index (χ1v) is 14.0. The first kappa shape index (κ1) is 31.2. The van der Waals surface area contributed by atoms with E-state index in [9.17, 15) is 18.0 Å². The van der Waals surface area contributed by atoms with E-state index in [4.69, 9.17) is 9.94 Å². The van der Waals surface area contributed by atoms with Crippen LogP contribution in [0.5, 0.6) is 0 Å². The minimum atomic E-state index is -4.42. The van der Waals surface area contributed by atoms with E-state index in [1.807, 2.05) is 36.4 Å². The maximum Gasteiger partial charge on any atom is 0.416 e. The van der Waals surface area contributed by atoms with Gasteiger partial charge in [0.1, 0.15) is 0 Å². The molecular formula is C33H38F3NO3. The molecule has 1 N–H and O–H groups in total. The fraction of sp³-hybridized carbons (Fsp3) is 0.424. The molecule has 0 aromatic heterocycles. The quantitative estimate of drug-likeness (QED) is 0.116. The van der Waals surface area contributed by atoms with Crippen molar-refractivity contribution in [3.8, 4) is 11.8 Å². The van der Waals surface area contributed by atoms with Crippen molar-refractivity contribution in [1.82, 2.24) is 5.06 Å². The number of fused-ring (bicyclic) bond motifs is 1. The molecule has 0 aliphatic carbocycles. The molecule has 214 valence electrons. The molecule has 0 atom stereocenters. The van der Waals surface area contributed by atoms with Gasteiger partial charge in [0, 0.05) is 18.5 Å². The molecule has 3 aromatic carbocycles. The molecule has 0 unspecified atom stereocenters. The molecule has 3 rings (SSSR count). The summed E-state index contributed by atoms with van der Waals surface area (Å²) in [4.78, 5) is 16.7. The molecule has 40 heavy (non-hydrogen) atoms. The van der Waals surface area contributed by atoms with Crippen molar-refractivity contribution in [2.24, 2.45) is 0 Å². The lowest BCUT2D eigenvalue weighted by molar-refractivity contribution is -0.189. The Morgan fingerprint density at radius 3 is 2.15 bits per heavy atom. The predicted octanol–water partition coefficient (Wildman–Crippen LogP) is 8.76. The van der Waals surface area contributed by atoms with Crippen molar-refractivity contribution < 1.29 is 27.9 Å². The zero-order chi connectivity index (χ0) is 28.8. The number of hydroxylamine groups is 2. The Morgan fingerprint density at radius 2 is 1.50 bits per heavy atom. The Labute approximate surface area is 235 Å². The van der Waals surface area contributed by atoms with Crippen molar-refractivity contribution in [3.05, 3.63) is 82.9 Å². The third-order valence-corrected chi connectivity index (χ3v) is 6.75. The number of unbranched alkanes of at least 4 members (excludes halogenated alkanes) is 8. The third kappa shape index (κ3) is 10.3. The average molecular weight is 554 g/mol. The maximum absolute atomic E-state index is 12.9. The minimum Gasteiger partial charge on any atom is -0.479 e. The van der Waals surface area contributed by atoms with E-state index < -0.39 is 24.3 Å². The van der Waals surface area contributed by atoms with Crippen molar-refractivity contribution >= 4 is 16.7 Å². The van der Waals surface area contributed by atoms with Crippen LogP contribution in [0.15, 0.2) is 60.7 Å². The summed E-state index contributed by atoms with van der Waals surface area (Å²) in [5.74, 6) is 5.50. The van der Waals surface area contributed by atoms with E-state index in [-0.39, 0.29) is 13.1 Å². The van der Waals surface area contributed by atoms with Gasteiger partial charge in [0.05, 0.1) is 12.1 Å². The van der Waals surface area contributed by atoms with E-state index in [0.29, 0.717) is 5.56 Å². The summed E-state index contributed by atoms with van der Waals surface area (Å²) in [7, 11) is 0. The molecule has 0 aliphatic rings. The number of carboxylic acids is 1. The number of halogens is 3. The highest BCUT2D eigenvalue weighted by molar-refractivity contribution is 5.90. The Bertz CT molecular complexity index is 1280. The number of carboxylic acid groups (broad SMARTS) is 1. The number of aliphatic carboxylic acids is 1. The van der Waals surface area contributed by atoms with Crippen molar-refractivity contribution in [2.75, 3.05) is 6.61 Å². The molecule has 7 heteroatoms. The molecule has 0 amide bonds. The Kier molecular flexibility index (Phi) is 12.5. The average Bonchev–Trinajstić information content (AvgIpc) is 2.93. The van der Waals surface area contributed by atoms with Crippen LogP contribution in [0.2, 0.25) is 0 Å². The summed E-state index contributed by atoms with van der Waals surface area (Å²) in [6, 6.07) is 16.6. The number of hydrogen-bond acceptors (Lipinski definition) is 3. The monoisotopic (exact) mass is 553 g/mol. The molecule has 0 fully saturated rings. The Morgan fingerprint density at radius 1 is 0.850 bits per heavy atom. The Hall–Kier alpha value is -3.34. The number of nitrogens with zero attached hydrogens (tertiary/aromatic N) is 1. The summed E-state index contributed by atoms with van der Waals surface area (Å²) in [6.07, 6.45) is 6.53. The van der Waals surface area contributed by atoms with Crippen LogP contribution in [-0.2, 0) is 28.9 Å². The van der Waals surface area contributed by atoms with Gasteiger partial charge in [0.15, 0.2) is 6.61 Å². The van der Waals surface area contributed by atoms with Crippen LogP contribution in [0.3, 0.4) is 0 Å². The predicted molar refractivity (Wildman–Crippen MR) is 152 cm³/mol. The minimum absolute atomic E-state index is 0.125. The lowest BCUT2D eigenvalue weighted by Crippen LogP contribution is -2.26. The first-order valence-electron chi connectivity index (χ1n) is 14.0. The van der Waals surface area contributed by atoms with Gasteiger partial charge >= 0.3 is 12.1 Å². The van der Waals surface area contributed by atoms with Crippen LogP contribution in [0.4, 0.5) is 13.2 Å². The standard InChI is InChI=1S/C33H38F3NO3/c1-2-3-4-5-6-7-8-9-10-11-14-27-19-20-28(31-16-13-12-15-30(27)31)24-37(40-25-32(38)39)23-26-17-21-29(22-18-26)33(34,35)36/h12-13,15-22H,2-10,23-25H2,1H3,(H,38,39). The second-order valence-electron chi connectivity index (χ2n) is 10.0. The van der Waals surface area contributed by atoms with Crippen LogP contribution in [0, 0.1) is 11.8 Å². The normalized spacial score (nSPS) is 11.5. The van der Waals surface area contributed by atoms with E-state index in [1.54, 1.807) is 0 Å². The highest BCUT2D eigenvalue weighted by atomic mass is 19.4. The third-order valence-electron chi connectivity index (χ3n) is 6.75. The van der Waals surface area contributed by atoms with Crippen LogP contribution in [0.1, 0.15) is 87.0 Å². The first-order chi connectivity index (χ1) is 19.3. The topological polar surface area (TPSA) is 49.8 Å². The van der Waals surface area contributed by atoms with Gasteiger partial charge in [-0.25, -0.2) is 4.79 Å². The fourth-order valence-electron chi connectivity index (χ4n) is 4.60. The second-order valence-corrected chi connectivity index (χ2v) is 10.0. The summed E-state index contributed by atoms with van der Waals surface area (Å²) < 4.78 is 38.8. The molecule has 4 nitrogen and oxygen atoms in total. The van der Waals surface area contributed by atoms with Gasteiger partial charge in [-0.05, 0) is 46.5 Å². The smallest absolute Gasteiger partial charge is 0.416 e. The summed E-state index contributed by atoms with van der Waals surface area (Å²) in [6.45, 7) is 2.05. The van der Waals surface area contributed by atoms with Crippen LogP contribution >= 0.6 is 0 Å². The number of hydrogen-bond donors (Lipinski definition) is 1. The van der Waals surface area contributed by atoms with Gasteiger partial charge < -0.3 is 5.11 Å². The van der Waals surface area contributed by atoms with E-state index in [0.717, 1.165) is 46.9 Å². The van der Waals surface area contributed by atoms with E-state index >= 15 is 0 Å². The molecular weight excluding hydrogens is 515 g/mol. The van der Waals surface area contributed by atoms with Gasteiger partial charge in [-0.3, -0.25) is 4.84 Å². The molecule has 0 radical (unpaired) electrons. The molecule has 0 heterocycles. The second kappa shape index (κ2) is 16.1. The van der Waals surface area contributed by atoms with Gasteiger partial charge in [-0.2, -0.15) is 18.2 Å². The number of carbonyl (C=O) groups is 1. The SMILES string of the molecule is CCCCCCCCCCC#Cc1ccc(CN(Cc2ccc(C(F)(F)F)cc2)OCC(=O)O)c2ccccc12.